The van der Waals surface area contributed by atoms with Gasteiger partial charge in [0, 0.05) is 0 Å². The Morgan fingerprint density at radius 2 is 1.26 bits per heavy atom. The molecule has 0 spiro atoms. The van der Waals surface area contributed by atoms with Gasteiger partial charge >= 0.3 is 164 Å². The number of hydrogen-bond acceptors (Lipinski definition) is 1. The molecule has 0 amide bonds. The fourth-order valence-electron chi connectivity index (χ4n) is 3.76. The fraction of sp³-hybridized carbons (Fsp3) is 0.833. The van der Waals surface area contributed by atoms with Crippen molar-refractivity contribution in [2.45, 2.75) is 92.2 Å². The first kappa shape index (κ1) is 24.0. The molecule has 0 aliphatic rings. The molecule has 23 heavy (non-hydrogen) atoms. The summed E-state index contributed by atoms with van der Waals surface area (Å²) in [5, 5.41) is 9.75. The predicted molar refractivity (Wildman–Crippen MR) is 117 cm³/mol. The van der Waals surface area contributed by atoms with Gasteiger partial charge in [0.25, 0.3) is 0 Å². The Balaban J connectivity index is 6.14. The van der Waals surface area contributed by atoms with Gasteiger partial charge in [0.15, 0.2) is 0 Å². The van der Waals surface area contributed by atoms with Gasteiger partial charge < -0.3 is 0 Å². The molecule has 0 aromatic rings. The van der Waals surface area contributed by atoms with E-state index in [-0.39, 0.29) is 0 Å². The zero-order valence-electron chi connectivity index (χ0n) is 16.1. The molecular weight excluding hydrogens is 522 g/mol. The van der Waals surface area contributed by atoms with Crippen LogP contribution in [0.15, 0.2) is 6.79 Å². The maximum atomic E-state index is 11.8. The molecule has 5 heteroatoms. The Kier molecular flexibility index (Phi) is 12.0. The molecule has 0 fully saturated rings. The second kappa shape index (κ2) is 11.5. The summed E-state index contributed by atoms with van der Waals surface area (Å²) in [6.45, 7) is 13.9. The molecule has 0 aliphatic carbocycles. The van der Waals surface area contributed by atoms with Gasteiger partial charge in [-0.1, -0.05) is 0 Å². The van der Waals surface area contributed by atoms with Crippen LogP contribution in [-0.2, 0) is 4.79 Å². The molecular formula is C18H37IO2SiSn. The summed E-state index contributed by atoms with van der Waals surface area (Å²) in [6, 6.07) is 0. The SMILES string of the molecule is CCC[CH2][Sn]([CH2]CCC)([CH2]CCC)/[C](=C(\I)C(=O)O)[Si](C)(C)C. The molecule has 0 radical (unpaired) electrons. The standard InChI is InChI=1S/C6H10IO2Si.3C4H9.Sn/c1-10(2,3)4-5(7)6(8)9;3*1-3-4-2;/h1-3H3,(H,8,9);3*1,3-4H2,2H3;. The van der Waals surface area contributed by atoms with Crippen molar-refractivity contribution in [1.29, 1.82) is 0 Å². The first-order valence-corrected chi connectivity index (χ1v) is 21.4. The first-order valence-electron chi connectivity index (χ1n) is 9.30. The van der Waals surface area contributed by atoms with Crippen LogP contribution in [0.1, 0.15) is 59.3 Å². The van der Waals surface area contributed by atoms with E-state index in [0.717, 1.165) is 0 Å². The van der Waals surface area contributed by atoms with Crippen molar-refractivity contribution in [3.63, 3.8) is 0 Å². The molecule has 0 saturated carbocycles. The van der Waals surface area contributed by atoms with E-state index in [0.29, 0.717) is 3.58 Å². The molecule has 0 rings (SSSR count). The Morgan fingerprint density at radius 1 is 0.913 bits per heavy atom. The van der Waals surface area contributed by atoms with E-state index in [2.05, 4.69) is 63.0 Å². The third-order valence-corrected chi connectivity index (χ3v) is 34.4. The van der Waals surface area contributed by atoms with E-state index in [1.54, 1.807) is 0 Å². The van der Waals surface area contributed by atoms with Crippen LogP contribution in [0.3, 0.4) is 0 Å². The number of aliphatic carboxylic acids is 1. The van der Waals surface area contributed by atoms with Gasteiger partial charge in [-0.25, -0.2) is 0 Å². The number of carboxylic acids is 1. The fourth-order valence-corrected chi connectivity index (χ4v) is 43.3. The number of unbranched alkanes of at least 4 members (excludes halogenated alkanes) is 3. The zero-order valence-corrected chi connectivity index (χ0v) is 22.1. The van der Waals surface area contributed by atoms with Crippen LogP contribution in [0.5, 0.6) is 0 Å². The zero-order chi connectivity index (χ0) is 18.1. The maximum absolute atomic E-state index is 11.8. The topological polar surface area (TPSA) is 37.3 Å². The van der Waals surface area contributed by atoms with Gasteiger partial charge in [-0.3, -0.25) is 0 Å². The number of carboxylic acid groups (broad SMARTS) is 1. The van der Waals surface area contributed by atoms with Gasteiger partial charge in [0.05, 0.1) is 0 Å². The number of halogens is 1. The van der Waals surface area contributed by atoms with E-state index in [4.69, 9.17) is 0 Å². The van der Waals surface area contributed by atoms with E-state index >= 15 is 0 Å². The van der Waals surface area contributed by atoms with Crippen LogP contribution in [0.2, 0.25) is 33.0 Å². The van der Waals surface area contributed by atoms with Crippen LogP contribution < -0.4 is 0 Å². The van der Waals surface area contributed by atoms with Crippen molar-refractivity contribution in [3.05, 3.63) is 6.79 Å². The van der Waals surface area contributed by atoms with Gasteiger partial charge in [-0.05, 0) is 0 Å². The normalized spacial score (nSPS) is 13.9. The van der Waals surface area contributed by atoms with Crippen molar-refractivity contribution >= 4 is 55.0 Å². The summed E-state index contributed by atoms with van der Waals surface area (Å²) < 4.78 is 6.34. The van der Waals surface area contributed by atoms with Crippen LogP contribution >= 0.6 is 22.6 Å². The third kappa shape index (κ3) is 7.80. The second-order valence-electron chi connectivity index (χ2n) is 7.84. The van der Waals surface area contributed by atoms with Gasteiger partial charge in [0.2, 0.25) is 0 Å². The summed E-state index contributed by atoms with van der Waals surface area (Å²) >= 11 is -0.456. The molecule has 2 nitrogen and oxygen atoms in total. The average molecular weight is 559 g/mol. The molecule has 0 aliphatic heterocycles. The summed E-state index contributed by atoms with van der Waals surface area (Å²) in [4.78, 5) is 11.8. The third-order valence-electron chi connectivity index (χ3n) is 4.71. The Morgan fingerprint density at radius 3 is 1.48 bits per heavy atom. The van der Waals surface area contributed by atoms with E-state index < -0.39 is 32.4 Å². The molecule has 0 aromatic heterocycles. The van der Waals surface area contributed by atoms with E-state index in [1.807, 2.05) is 0 Å². The number of carbonyl (C=O) groups is 1. The van der Waals surface area contributed by atoms with Gasteiger partial charge in [-0.15, -0.1) is 0 Å². The van der Waals surface area contributed by atoms with Crippen LogP contribution in [0, 0.1) is 0 Å². The molecule has 136 valence electrons. The molecule has 0 unspecified atom stereocenters. The molecule has 0 heterocycles. The van der Waals surface area contributed by atoms with Crippen LogP contribution in [0.25, 0.3) is 0 Å². The van der Waals surface area contributed by atoms with E-state index in [1.165, 1.54) is 55.0 Å². The summed E-state index contributed by atoms with van der Waals surface area (Å²) in [5.74, 6) is -0.673. The predicted octanol–water partition coefficient (Wildman–Crippen LogP) is 7.03. The Labute approximate surface area is 162 Å². The second-order valence-corrected chi connectivity index (χ2v) is 28.4. The minimum absolute atomic E-state index is 0.673. The number of rotatable bonds is 12. The van der Waals surface area contributed by atoms with Crippen LogP contribution in [0.4, 0.5) is 0 Å². The van der Waals surface area contributed by atoms with E-state index in [9.17, 15) is 9.90 Å². The molecule has 0 bridgehead atoms. The number of hydrogen-bond donors (Lipinski definition) is 1. The monoisotopic (exact) mass is 560 g/mol. The Bertz CT molecular complexity index is 381. The van der Waals surface area contributed by atoms with Crippen molar-refractivity contribution in [1.82, 2.24) is 0 Å². The molecule has 0 atom stereocenters. The quantitative estimate of drug-likeness (QED) is 0.159. The summed E-state index contributed by atoms with van der Waals surface area (Å²) in [5.41, 5.74) is 0. The first-order chi connectivity index (χ1) is 10.7. The Hall–Kier alpha value is 0.956. The molecule has 1 N–H and O–H groups in total. The molecule has 0 saturated heterocycles. The van der Waals surface area contributed by atoms with Gasteiger partial charge in [0.1, 0.15) is 0 Å². The van der Waals surface area contributed by atoms with Crippen molar-refractivity contribution in [3.8, 4) is 0 Å². The van der Waals surface area contributed by atoms with Crippen molar-refractivity contribution in [2.24, 2.45) is 0 Å². The molecule has 0 aromatic carbocycles. The summed E-state index contributed by atoms with van der Waals surface area (Å²) in [6.07, 6.45) is 7.59. The van der Waals surface area contributed by atoms with Crippen LogP contribution in [-0.4, -0.2) is 37.5 Å². The van der Waals surface area contributed by atoms with Gasteiger partial charge in [-0.2, -0.15) is 0 Å². The minimum atomic E-state index is -2.62. The summed E-state index contributed by atoms with van der Waals surface area (Å²) in [7, 11) is -1.61. The van der Waals surface area contributed by atoms with Crippen molar-refractivity contribution in [2.75, 3.05) is 0 Å². The average Bonchev–Trinajstić information content (AvgIpc) is 2.46. The van der Waals surface area contributed by atoms with Crippen molar-refractivity contribution < 1.29 is 9.90 Å².